The zero-order valence-corrected chi connectivity index (χ0v) is 12.9. The third-order valence-electron chi connectivity index (χ3n) is 3.29. The van der Waals surface area contributed by atoms with Crippen LogP contribution in [0.2, 0.25) is 0 Å². The molecule has 102 valence electrons. The van der Waals surface area contributed by atoms with Gasteiger partial charge >= 0.3 is 0 Å². The van der Waals surface area contributed by atoms with Gasteiger partial charge in [-0.1, -0.05) is 42.5 Å². The lowest BCUT2D eigenvalue weighted by atomic mass is 10.0. The molecule has 0 spiro atoms. The van der Waals surface area contributed by atoms with Gasteiger partial charge in [-0.3, -0.25) is 0 Å². The van der Waals surface area contributed by atoms with Gasteiger partial charge in [-0.2, -0.15) is 0 Å². The van der Waals surface area contributed by atoms with E-state index in [0.29, 0.717) is 5.90 Å². The molecule has 3 nitrogen and oxygen atoms in total. The van der Waals surface area contributed by atoms with Crippen molar-refractivity contribution in [1.29, 1.82) is 0 Å². The minimum absolute atomic E-state index is 0.0214. The minimum Gasteiger partial charge on any atom is -0.467 e. The number of aliphatic hydroxyl groups excluding tert-OH is 1. The van der Waals surface area contributed by atoms with Crippen LogP contribution >= 0.6 is 22.6 Å². The first kappa shape index (κ1) is 13.6. The quantitative estimate of drug-likeness (QED) is 0.833. The summed E-state index contributed by atoms with van der Waals surface area (Å²) in [5, 5.41) is 9.54. The molecule has 0 fully saturated rings. The van der Waals surface area contributed by atoms with Crippen molar-refractivity contribution in [3.63, 3.8) is 0 Å². The van der Waals surface area contributed by atoms with Gasteiger partial charge in [0.1, 0.15) is 6.04 Å². The number of halogens is 1. The Hall–Kier alpha value is -1.40. The number of aliphatic hydroxyl groups is 1. The number of benzene rings is 2. The van der Waals surface area contributed by atoms with Gasteiger partial charge in [0, 0.05) is 9.13 Å². The molecular formula is C16H14INO2. The van der Waals surface area contributed by atoms with Crippen LogP contribution in [0.1, 0.15) is 17.2 Å². The van der Waals surface area contributed by atoms with Gasteiger partial charge < -0.3 is 9.84 Å². The first-order valence-corrected chi connectivity index (χ1v) is 7.52. The van der Waals surface area contributed by atoms with E-state index in [1.54, 1.807) is 0 Å². The Morgan fingerprint density at radius 2 is 1.75 bits per heavy atom. The number of aliphatic imine (C=N–C) groups is 1. The lowest BCUT2D eigenvalue weighted by Crippen LogP contribution is -2.17. The van der Waals surface area contributed by atoms with Gasteiger partial charge in [0.2, 0.25) is 5.90 Å². The largest absolute Gasteiger partial charge is 0.467 e. The third-order valence-corrected chi connectivity index (χ3v) is 4.23. The van der Waals surface area contributed by atoms with E-state index in [1.165, 1.54) is 0 Å². The Morgan fingerprint density at radius 3 is 2.45 bits per heavy atom. The van der Waals surface area contributed by atoms with E-state index in [2.05, 4.69) is 27.6 Å². The molecule has 1 heterocycles. The summed E-state index contributed by atoms with van der Waals surface area (Å²) in [6, 6.07) is 17.6. The van der Waals surface area contributed by atoms with Crippen molar-refractivity contribution in [2.45, 2.75) is 12.1 Å². The third kappa shape index (κ3) is 2.58. The lowest BCUT2D eigenvalue weighted by Gasteiger charge is -2.16. The number of hydrogen-bond donors (Lipinski definition) is 1. The Balaban J connectivity index is 1.92. The maximum atomic E-state index is 9.54. The van der Waals surface area contributed by atoms with Crippen LogP contribution in [0.3, 0.4) is 0 Å². The van der Waals surface area contributed by atoms with Crippen LogP contribution in [0.5, 0.6) is 0 Å². The standard InChI is InChI=1S/C16H14INO2/c17-13-9-5-4-8-12(13)16-18-14(10-19)15(20-16)11-6-2-1-3-7-11/h1-9,14-15,19H,10H2/t14-,15-/m1/s1. The summed E-state index contributed by atoms with van der Waals surface area (Å²) in [6.07, 6.45) is -0.216. The maximum Gasteiger partial charge on any atom is 0.218 e. The number of ether oxygens (including phenoxy) is 1. The molecule has 2 aromatic carbocycles. The van der Waals surface area contributed by atoms with Crippen molar-refractivity contribution in [3.05, 3.63) is 69.3 Å². The van der Waals surface area contributed by atoms with Crippen LogP contribution in [0.25, 0.3) is 0 Å². The Labute approximate surface area is 131 Å². The highest BCUT2D eigenvalue weighted by atomic mass is 127. The number of hydrogen-bond acceptors (Lipinski definition) is 3. The summed E-state index contributed by atoms with van der Waals surface area (Å²) in [4.78, 5) is 4.54. The predicted molar refractivity (Wildman–Crippen MR) is 86.8 cm³/mol. The average Bonchev–Trinajstić information content (AvgIpc) is 2.92. The summed E-state index contributed by atoms with van der Waals surface area (Å²) >= 11 is 2.27. The number of rotatable bonds is 3. The van der Waals surface area contributed by atoms with Gasteiger partial charge in [-0.15, -0.1) is 0 Å². The SMILES string of the molecule is OC[C@H]1N=C(c2ccccc2I)O[C@@H]1c1ccccc1. The zero-order valence-electron chi connectivity index (χ0n) is 10.7. The van der Waals surface area contributed by atoms with E-state index in [1.807, 2.05) is 54.6 Å². The second-order valence-electron chi connectivity index (χ2n) is 4.61. The first-order chi connectivity index (χ1) is 9.79. The summed E-state index contributed by atoms with van der Waals surface area (Å²) in [5.41, 5.74) is 2.02. The average molecular weight is 379 g/mol. The van der Waals surface area contributed by atoms with E-state index in [0.717, 1.165) is 14.7 Å². The first-order valence-electron chi connectivity index (χ1n) is 6.45. The fourth-order valence-electron chi connectivity index (χ4n) is 2.28. The topological polar surface area (TPSA) is 41.8 Å². The van der Waals surface area contributed by atoms with Gasteiger partial charge in [0.15, 0.2) is 6.10 Å². The smallest absolute Gasteiger partial charge is 0.218 e. The van der Waals surface area contributed by atoms with Crippen molar-refractivity contribution in [3.8, 4) is 0 Å². The molecule has 4 heteroatoms. The molecule has 1 N–H and O–H groups in total. The zero-order chi connectivity index (χ0) is 13.9. The molecule has 3 rings (SSSR count). The lowest BCUT2D eigenvalue weighted by molar-refractivity contribution is 0.152. The van der Waals surface area contributed by atoms with Crippen molar-refractivity contribution in [2.75, 3.05) is 6.61 Å². The predicted octanol–water partition coefficient (Wildman–Crippen LogP) is 3.17. The molecule has 0 bridgehead atoms. The highest BCUT2D eigenvalue weighted by molar-refractivity contribution is 14.1. The van der Waals surface area contributed by atoms with Crippen molar-refractivity contribution in [1.82, 2.24) is 0 Å². The highest BCUT2D eigenvalue weighted by Crippen LogP contribution is 2.31. The van der Waals surface area contributed by atoms with Crippen molar-refractivity contribution < 1.29 is 9.84 Å². The monoisotopic (exact) mass is 379 g/mol. The second kappa shape index (κ2) is 5.93. The molecule has 0 aromatic heterocycles. The normalized spacial score (nSPS) is 21.4. The van der Waals surface area contributed by atoms with Crippen molar-refractivity contribution >= 4 is 28.5 Å². The fourth-order valence-corrected chi connectivity index (χ4v) is 2.90. The molecular weight excluding hydrogens is 365 g/mol. The minimum atomic E-state index is -0.247. The molecule has 0 saturated carbocycles. The van der Waals surface area contributed by atoms with Gasteiger partial charge in [0.25, 0.3) is 0 Å². The molecule has 2 aromatic rings. The molecule has 0 saturated heterocycles. The van der Waals surface area contributed by atoms with Crippen LogP contribution in [-0.4, -0.2) is 23.7 Å². The Kier molecular flexibility index (Phi) is 4.03. The molecule has 1 aliphatic heterocycles. The Bertz CT molecular complexity index is 627. The van der Waals surface area contributed by atoms with Crippen LogP contribution in [0.4, 0.5) is 0 Å². The van der Waals surface area contributed by atoms with E-state index >= 15 is 0 Å². The van der Waals surface area contributed by atoms with Crippen LogP contribution in [0, 0.1) is 3.57 Å². The molecule has 1 aliphatic rings. The van der Waals surface area contributed by atoms with E-state index in [-0.39, 0.29) is 18.8 Å². The molecule has 0 amide bonds. The second-order valence-corrected chi connectivity index (χ2v) is 5.78. The van der Waals surface area contributed by atoms with E-state index in [4.69, 9.17) is 4.74 Å². The molecule has 20 heavy (non-hydrogen) atoms. The molecule has 0 unspecified atom stereocenters. The van der Waals surface area contributed by atoms with Gasteiger partial charge in [-0.25, -0.2) is 4.99 Å². The summed E-state index contributed by atoms with van der Waals surface area (Å²) < 4.78 is 7.09. The number of nitrogens with zero attached hydrogens (tertiary/aromatic N) is 1. The highest BCUT2D eigenvalue weighted by Gasteiger charge is 2.32. The summed E-state index contributed by atoms with van der Waals surface area (Å²) in [6.45, 7) is -0.0214. The van der Waals surface area contributed by atoms with Crippen LogP contribution in [-0.2, 0) is 4.74 Å². The maximum absolute atomic E-state index is 9.54. The molecule has 2 atom stereocenters. The Morgan fingerprint density at radius 1 is 1.05 bits per heavy atom. The summed E-state index contributed by atoms with van der Waals surface area (Å²) in [5.74, 6) is 0.614. The van der Waals surface area contributed by atoms with Crippen LogP contribution < -0.4 is 0 Å². The molecule has 0 radical (unpaired) electrons. The molecule has 0 aliphatic carbocycles. The van der Waals surface area contributed by atoms with Gasteiger partial charge in [0.05, 0.1) is 6.61 Å². The van der Waals surface area contributed by atoms with Crippen LogP contribution in [0.15, 0.2) is 59.6 Å². The van der Waals surface area contributed by atoms with E-state index in [9.17, 15) is 5.11 Å². The van der Waals surface area contributed by atoms with Gasteiger partial charge in [-0.05, 0) is 40.3 Å². The fraction of sp³-hybridized carbons (Fsp3) is 0.188. The summed E-state index contributed by atoms with van der Waals surface area (Å²) in [7, 11) is 0. The van der Waals surface area contributed by atoms with Crippen molar-refractivity contribution in [2.24, 2.45) is 4.99 Å². The van der Waals surface area contributed by atoms with E-state index < -0.39 is 0 Å².